The van der Waals surface area contributed by atoms with Gasteiger partial charge in [0.15, 0.2) is 5.75 Å². The summed E-state index contributed by atoms with van der Waals surface area (Å²) in [5.41, 5.74) is 1.28. The molecule has 0 saturated carbocycles. The molecule has 0 radical (unpaired) electrons. The normalized spacial score (nSPS) is 18.2. The summed E-state index contributed by atoms with van der Waals surface area (Å²) < 4.78 is 16.2. The van der Waals surface area contributed by atoms with Crippen molar-refractivity contribution in [1.82, 2.24) is 14.9 Å². The molecule has 0 bridgehead atoms. The van der Waals surface area contributed by atoms with Crippen LogP contribution in [0, 0.1) is 0 Å². The maximum absolute atomic E-state index is 5.92. The van der Waals surface area contributed by atoms with Crippen molar-refractivity contribution in [3.05, 3.63) is 42.2 Å². The second-order valence-corrected chi connectivity index (χ2v) is 5.87. The number of hydrogen-bond acceptors (Lipinski definition) is 6. The van der Waals surface area contributed by atoms with Crippen LogP contribution in [0.3, 0.4) is 0 Å². The van der Waals surface area contributed by atoms with Gasteiger partial charge in [0, 0.05) is 13.1 Å². The molecule has 2 aromatic rings. The predicted molar refractivity (Wildman–Crippen MR) is 90.5 cm³/mol. The van der Waals surface area contributed by atoms with Crippen LogP contribution in [0.5, 0.6) is 17.5 Å². The van der Waals surface area contributed by atoms with E-state index in [0.717, 1.165) is 38.2 Å². The van der Waals surface area contributed by atoms with Crippen LogP contribution in [0.1, 0.15) is 18.4 Å². The predicted octanol–water partition coefficient (Wildman–Crippen LogP) is 2.54. The first-order valence-corrected chi connectivity index (χ1v) is 8.15. The fraction of sp³-hybridized carbons (Fsp3) is 0.444. The molecule has 128 valence electrons. The van der Waals surface area contributed by atoms with Crippen molar-refractivity contribution in [3.63, 3.8) is 0 Å². The van der Waals surface area contributed by atoms with Gasteiger partial charge in [0.05, 0.1) is 26.6 Å². The van der Waals surface area contributed by atoms with Gasteiger partial charge < -0.3 is 14.2 Å². The lowest BCUT2D eigenvalue weighted by Gasteiger charge is -2.32. The largest absolute Gasteiger partial charge is 0.497 e. The zero-order valence-corrected chi connectivity index (χ0v) is 14.1. The summed E-state index contributed by atoms with van der Waals surface area (Å²) in [6.45, 7) is 2.87. The van der Waals surface area contributed by atoms with E-state index < -0.39 is 0 Å². The highest BCUT2D eigenvalue weighted by Crippen LogP contribution is 2.19. The van der Waals surface area contributed by atoms with Crippen molar-refractivity contribution in [2.45, 2.75) is 25.5 Å². The molecule has 0 aliphatic carbocycles. The first kappa shape index (κ1) is 16.5. The Hall–Kier alpha value is -2.34. The lowest BCUT2D eigenvalue weighted by Crippen LogP contribution is -2.40. The number of aromatic nitrogens is 2. The molecular weight excluding hydrogens is 306 g/mol. The topological polar surface area (TPSA) is 56.7 Å². The number of benzene rings is 1. The summed E-state index contributed by atoms with van der Waals surface area (Å²) in [5.74, 6) is 1.52. The van der Waals surface area contributed by atoms with E-state index in [4.69, 9.17) is 14.2 Å². The van der Waals surface area contributed by atoms with Crippen LogP contribution in [-0.2, 0) is 6.54 Å². The number of ether oxygens (including phenoxy) is 3. The molecule has 0 amide bonds. The van der Waals surface area contributed by atoms with Crippen LogP contribution in [0.15, 0.2) is 36.7 Å². The van der Waals surface area contributed by atoms with Crippen molar-refractivity contribution in [2.24, 2.45) is 0 Å². The molecule has 2 heterocycles. The smallest absolute Gasteiger partial charge is 0.316 e. The van der Waals surface area contributed by atoms with Crippen LogP contribution in [0.2, 0.25) is 0 Å². The molecule has 1 aliphatic heterocycles. The van der Waals surface area contributed by atoms with Crippen molar-refractivity contribution >= 4 is 0 Å². The van der Waals surface area contributed by atoms with Gasteiger partial charge in [-0.2, -0.15) is 9.97 Å². The Balaban J connectivity index is 1.54. The Morgan fingerprint density at radius 2 is 1.75 bits per heavy atom. The van der Waals surface area contributed by atoms with Gasteiger partial charge in [-0.3, -0.25) is 4.90 Å². The summed E-state index contributed by atoms with van der Waals surface area (Å²) in [4.78, 5) is 10.8. The van der Waals surface area contributed by atoms with Gasteiger partial charge in [-0.25, -0.2) is 0 Å². The second-order valence-electron chi connectivity index (χ2n) is 5.87. The Morgan fingerprint density at radius 3 is 2.42 bits per heavy atom. The molecule has 0 spiro atoms. The van der Waals surface area contributed by atoms with E-state index in [2.05, 4.69) is 27.0 Å². The standard InChI is InChI=1S/C18H23N3O3/c1-22-15-7-5-14(6-8-15)12-21-9-3-4-16(13-21)24-18-19-10-17(23-2)11-20-18/h5-8,10-11,16H,3-4,9,12-13H2,1-2H3. The van der Waals surface area contributed by atoms with E-state index >= 15 is 0 Å². The molecule has 1 fully saturated rings. The van der Waals surface area contributed by atoms with Crippen molar-refractivity contribution in [3.8, 4) is 17.5 Å². The van der Waals surface area contributed by atoms with E-state index in [1.54, 1.807) is 26.6 Å². The van der Waals surface area contributed by atoms with E-state index in [1.165, 1.54) is 5.56 Å². The van der Waals surface area contributed by atoms with Crippen LogP contribution >= 0.6 is 0 Å². The number of likely N-dealkylation sites (tertiary alicyclic amines) is 1. The number of piperidine rings is 1. The highest BCUT2D eigenvalue weighted by Gasteiger charge is 2.22. The number of rotatable bonds is 6. The summed E-state index contributed by atoms with van der Waals surface area (Å²) in [6, 6.07) is 8.62. The third-order valence-corrected chi connectivity index (χ3v) is 4.14. The molecule has 1 unspecified atom stereocenters. The fourth-order valence-corrected chi connectivity index (χ4v) is 2.86. The second kappa shape index (κ2) is 7.97. The van der Waals surface area contributed by atoms with E-state index in [-0.39, 0.29) is 6.10 Å². The quantitative estimate of drug-likeness (QED) is 0.812. The molecule has 3 rings (SSSR count). The summed E-state index contributed by atoms with van der Waals surface area (Å²) in [6.07, 6.45) is 5.50. The number of hydrogen-bond donors (Lipinski definition) is 0. The first-order valence-electron chi connectivity index (χ1n) is 8.15. The highest BCUT2D eigenvalue weighted by molar-refractivity contribution is 5.27. The molecule has 24 heavy (non-hydrogen) atoms. The Kier molecular flexibility index (Phi) is 5.48. The SMILES string of the molecule is COc1ccc(CN2CCCC(Oc3ncc(OC)cn3)C2)cc1. The molecule has 1 aliphatic rings. The zero-order valence-electron chi connectivity index (χ0n) is 14.1. The van der Waals surface area contributed by atoms with Crippen LogP contribution in [-0.4, -0.2) is 48.3 Å². The number of methoxy groups -OCH3 is 2. The molecule has 1 saturated heterocycles. The monoisotopic (exact) mass is 329 g/mol. The fourth-order valence-electron chi connectivity index (χ4n) is 2.86. The molecule has 6 nitrogen and oxygen atoms in total. The Labute approximate surface area is 142 Å². The molecule has 0 N–H and O–H groups in total. The third-order valence-electron chi connectivity index (χ3n) is 4.14. The van der Waals surface area contributed by atoms with Crippen molar-refractivity contribution in [1.29, 1.82) is 0 Å². The Morgan fingerprint density at radius 1 is 1.04 bits per heavy atom. The average molecular weight is 329 g/mol. The van der Waals surface area contributed by atoms with Gasteiger partial charge >= 0.3 is 6.01 Å². The van der Waals surface area contributed by atoms with Gasteiger partial charge in [-0.05, 0) is 37.1 Å². The summed E-state index contributed by atoms with van der Waals surface area (Å²) in [5, 5.41) is 0. The minimum absolute atomic E-state index is 0.116. The van der Waals surface area contributed by atoms with Crippen LogP contribution < -0.4 is 14.2 Å². The first-order chi connectivity index (χ1) is 11.8. The maximum atomic E-state index is 5.92. The van der Waals surface area contributed by atoms with E-state index in [0.29, 0.717) is 11.8 Å². The van der Waals surface area contributed by atoms with E-state index in [9.17, 15) is 0 Å². The minimum Gasteiger partial charge on any atom is -0.497 e. The van der Waals surface area contributed by atoms with Crippen LogP contribution in [0.25, 0.3) is 0 Å². The molecule has 1 atom stereocenters. The van der Waals surface area contributed by atoms with Gasteiger partial charge in [0.2, 0.25) is 0 Å². The minimum atomic E-state index is 0.116. The third kappa shape index (κ3) is 4.35. The lowest BCUT2D eigenvalue weighted by molar-refractivity contribution is 0.0769. The molecule has 1 aromatic carbocycles. The molecular formula is C18H23N3O3. The lowest BCUT2D eigenvalue weighted by atomic mass is 10.1. The summed E-state index contributed by atoms with van der Waals surface area (Å²) >= 11 is 0. The summed E-state index contributed by atoms with van der Waals surface area (Å²) in [7, 11) is 3.28. The highest BCUT2D eigenvalue weighted by atomic mass is 16.5. The van der Waals surface area contributed by atoms with Gasteiger partial charge in [-0.1, -0.05) is 12.1 Å². The maximum Gasteiger partial charge on any atom is 0.316 e. The average Bonchev–Trinajstić information content (AvgIpc) is 2.63. The molecule has 1 aromatic heterocycles. The Bertz CT molecular complexity index is 575. The van der Waals surface area contributed by atoms with Crippen molar-refractivity contribution in [2.75, 3.05) is 27.3 Å². The number of nitrogens with zero attached hydrogens (tertiary/aromatic N) is 3. The van der Waals surface area contributed by atoms with Gasteiger partial charge in [0.25, 0.3) is 0 Å². The van der Waals surface area contributed by atoms with Gasteiger partial charge in [0.1, 0.15) is 11.9 Å². The zero-order chi connectivity index (χ0) is 16.8. The van der Waals surface area contributed by atoms with Crippen molar-refractivity contribution < 1.29 is 14.2 Å². The van der Waals surface area contributed by atoms with Gasteiger partial charge in [-0.15, -0.1) is 0 Å². The van der Waals surface area contributed by atoms with Crippen LogP contribution in [0.4, 0.5) is 0 Å². The van der Waals surface area contributed by atoms with E-state index in [1.807, 2.05) is 12.1 Å². The molecule has 6 heteroatoms.